The molecule has 6 nitrogen and oxygen atoms in total. The monoisotopic (exact) mass is 977 g/mol. The lowest BCUT2D eigenvalue weighted by atomic mass is 10.1. The lowest BCUT2D eigenvalue weighted by Crippen LogP contribution is -2.30. The number of carbonyl (C=O) groups excluding carboxylic acids is 3. The van der Waals surface area contributed by atoms with E-state index in [2.05, 4.69) is 93.7 Å². The summed E-state index contributed by atoms with van der Waals surface area (Å²) in [5.74, 6) is -0.906. The Kier molecular flexibility index (Phi) is 55.8. The van der Waals surface area contributed by atoms with E-state index in [9.17, 15) is 14.4 Å². The SMILES string of the molecule is CCCCC/C=C\C/C=C\CCCCCCCCCC(=O)OC(COC(=O)CCCCCCC/C=C\CCCCCCC)COC(=O)CCCCCCCC/C=C\C/C=C\C/C=C\CCCCCCC. The molecule has 1 atom stereocenters. The number of hydrogen-bond acceptors (Lipinski definition) is 6. The quantitative estimate of drug-likeness (QED) is 0.0261. The van der Waals surface area contributed by atoms with Crippen LogP contribution >= 0.6 is 0 Å². The molecule has 0 aliphatic rings. The van der Waals surface area contributed by atoms with Gasteiger partial charge in [-0.2, -0.15) is 0 Å². The van der Waals surface area contributed by atoms with E-state index in [-0.39, 0.29) is 31.1 Å². The third-order valence-electron chi connectivity index (χ3n) is 12.9. The molecule has 0 aromatic carbocycles. The van der Waals surface area contributed by atoms with Crippen molar-refractivity contribution < 1.29 is 28.6 Å². The topological polar surface area (TPSA) is 78.9 Å². The fourth-order valence-corrected chi connectivity index (χ4v) is 8.36. The first-order chi connectivity index (χ1) is 34.5. The summed E-state index contributed by atoms with van der Waals surface area (Å²) in [5, 5.41) is 0. The summed E-state index contributed by atoms with van der Waals surface area (Å²) in [6, 6.07) is 0. The summed E-state index contributed by atoms with van der Waals surface area (Å²) < 4.78 is 16.9. The van der Waals surface area contributed by atoms with Crippen molar-refractivity contribution in [3.8, 4) is 0 Å². The van der Waals surface area contributed by atoms with E-state index in [1.807, 2.05) is 0 Å². The molecular formula is C64H112O6. The number of unbranched alkanes of at least 4 members (excludes halogenated alkanes) is 31. The summed E-state index contributed by atoms with van der Waals surface area (Å²) in [6.45, 7) is 6.59. The Labute approximate surface area is 433 Å². The second-order valence-corrected chi connectivity index (χ2v) is 19.9. The first kappa shape index (κ1) is 66.9. The predicted molar refractivity (Wildman–Crippen MR) is 302 cm³/mol. The molecule has 0 aromatic rings. The third-order valence-corrected chi connectivity index (χ3v) is 12.9. The van der Waals surface area contributed by atoms with E-state index in [0.717, 1.165) is 96.3 Å². The number of rotatable bonds is 54. The molecular weight excluding hydrogens is 865 g/mol. The van der Waals surface area contributed by atoms with Crippen LogP contribution in [0.25, 0.3) is 0 Å². The van der Waals surface area contributed by atoms with Crippen molar-refractivity contribution in [3.63, 3.8) is 0 Å². The molecule has 0 fully saturated rings. The fraction of sp³-hybridized carbons (Fsp3) is 0.766. The average Bonchev–Trinajstić information content (AvgIpc) is 3.36. The minimum atomic E-state index is -0.789. The Bertz CT molecular complexity index is 1310. The normalized spacial score (nSPS) is 12.6. The highest BCUT2D eigenvalue weighted by molar-refractivity contribution is 5.71. The van der Waals surface area contributed by atoms with E-state index in [1.165, 1.54) is 161 Å². The molecule has 0 N–H and O–H groups in total. The molecule has 0 aromatic heterocycles. The van der Waals surface area contributed by atoms with Gasteiger partial charge in [0, 0.05) is 19.3 Å². The van der Waals surface area contributed by atoms with Gasteiger partial charge in [-0.3, -0.25) is 14.4 Å². The van der Waals surface area contributed by atoms with Gasteiger partial charge in [0.25, 0.3) is 0 Å². The smallest absolute Gasteiger partial charge is 0.306 e. The number of hydrogen-bond donors (Lipinski definition) is 0. The van der Waals surface area contributed by atoms with Crippen LogP contribution in [0, 0.1) is 0 Å². The maximum absolute atomic E-state index is 12.9. The first-order valence-corrected chi connectivity index (χ1v) is 29.9. The van der Waals surface area contributed by atoms with E-state index in [4.69, 9.17) is 14.2 Å². The zero-order chi connectivity index (χ0) is 50.7. The van der Waals surface area contributed by atoms with E-state index in [1.54, 1.807) is 0 Å². The molecule has 0 saturated heterocycles. The van der Waals surface area contributed by atoms with Gasteiger partial charge in [-0.25, -0.2) is 0 Å². The Morgan fingerprint density at radius 3 is 0.843 bits per heavy atom. The van der Waals surface area contributed by atoms with Gasteiger partial charge >= 0.3 is 17.9 Å². The number of carbonyl (C=O) groups is 3. The van der Waals surface area contributed by atoms with Gasteiger partial charge in [0.1, 0.15) is 13.2 Å². The first-order valence-electron chi connectivity index (χ1n) is 29.9. The molecule has 0 amide bonds. The Balaban J connectivity index is 4.40. The molecule has 0 spiro atoms. The van der Waals surface area contributed by atoms with Gasteiger partial charge in [-0.1, -0.05) is 235 Å². The van der Waals surface area contributed by atoms with Crippen LogP contribution in [0.15, 0.2) is 72.9 Å². The van der Waals surface area contributed by atoms with E-state index < -0.39 is 6.10 Å². The van der Waals surface area contributed by atoms with Crippen LogP contribution in [-0.4, -0.2) is 37.2 Å². The van der Waals surface area contributed by atoms with Crippen LogP contribution in [0.5, 0.6) is 0 Å². The lowest BCUT2D eigenvalue weighted by molar-refractivity contribution is -0.167. The molecule has 0 aliphatic heterocycles. The fourth-order valence-electron chi connectivity index (χ4n) is 8.36. The van der Waals surface area contributed by atoms with Crippen molar-refractivity contribution in [2.45, 2.75) is 303 Å². The number of esters is 3. The zero-order valence-electron chi connectivity index (χ0n) is 46.3. The highest BCUT2D eigenvalue weighted by Gasteiger charge is 2.19. The molecule has 0 saturated carbocycles. The van der Waals surface area contributed by atoms with Crippen LogP contribution in [-0.2, 0) is 28.6 Å². The van der Waals surface area contributed by atoms with Crippen LogP contribution in [0.4, 0.5) is 0 Å². The molecule has 70 heavy (non-hydrogen) atoms. The zero-order valence-corrected chi connectivity index (χ0v) is 46.3. The predicted octanol–water partition coefficient (Wildman–Crippen LogP) is 20.2. The molecule has 0 rings (SSSR count). The van der Waals surface area contributed by atoms with Crippen LogP contribution in [0.2, 0.25) is 0 Å². The van der Waals surface area contributed by atoms with Crippen LogP contribution < -0.4 is 0 Å². The Morgan fingerprint density at radius 2 is 0.514 bits per heavy atom. The second kappa shape index (κ2) is 58.4. The summed E-state index contributed by atoms with van der Waals surface area (Å²) in [4.78, 5) is 38.2. The average molecular weight is 978 g/mol. The standard InChI is InChI=1S/C64H112O6/c1-4-7-10-13-16-19-22-25-28-30-31-32-33-35-36-39-42-45-48-51-54-57-63(66)69-60-61(59-68-62(65)56-53-50-47-44-41-38-27-24-21-18-15-12-9-6-3)70-64(67)58-55-52-49-46-43-40-37-34-29-26-23-20-17-14-11-8-5-2/h17,20,22,24-27,29-31,33,35,61H,4-16,18-19,21,23,28,32,34,36-60H2,1-3H3/b20-17-,25-22-,27-24-,29-26-,31-30-,35-33-. The summed E-state index contributed by atoms with van der Waals surface area (Å²) >= 11 is 0. The number of ether oxygens (including phenoxy) is 3. The molecule has 0 radical (unpaired) electrons. The van der Waals surface area contributed by atoms with Gasteiger partial charge in [0.05, 0.1) is 0 Å². The van der Waals surface area contributed by atoms with E-state index >= 15 is 0 Å². The van der Waals surface area contributed by atoms with Gasteiger partial charge in [-0.05, 0) is 116 Å². The number of allylic oxidation sites excluding steroid dienone is 12. The third kappa shape index (κ3) is 55.8. The Hall–Kier alpha value is -3.15. The molecule has 0 aliphatic carbocycles. The molecule has 0 bridgehead atoms. The molecule has 404 valence electrons. The van der Waals surface area contributed by atoms with Crippen LogP contribution in [0.1, 0.15) is 297 Å². The van der Waals surface area contributed by atoms with Crippen molar-refractivity contribution in [3.05, 3.63) is 72.9 Å². The lowest BCUT2D eigenvalue weighted by Gasteiger charge is -2.18. The van der Waals surface area contributed by atoms with Crippen molar-refractivity contribution in [2.24, 2.45) is 0 Å². The highest BCUT2D eigenvalue weighted by atomic mass is 16.6. The van der Waals surface area contributed by atoms with Gasteiger partial charge in [0.2, 0.25) is 0 Å². The van der Waals surface area contributed by atoms with Gasteiger partial charge in [0.15, 0.2) is 6.10 Å². The minimum absolute atomic E-state index is 0.0867. The van der Waals surface area contributed by atoms with Crippen molar-refractivity contribution >= 4 is 17.9 Å². The van der Waals surface area contributed by atoms with Gasteiger partial charge in [-0.15, -0.1) is 0 Å². The molecule has 1 unspecified atom stereocenters. The summed E-state index contributed by atoms with van der Waals surface area (Å²) in [6.07, 6.45) is 74.6. The Morgan fingerprint density at radius 1 is 0.286 bits per heavy atom. The van der Waals surface area contributed by atoms with Gasteiger partial charge < -0.3 is 14.2 Å². The van der Waals surface area contributed by atoms with Crippen molar-refractivity contribution in [1.29, 1.82) is 0 Å². The summed E-state index contributed by atoms with van der Waals surface area (Å²) in [7, 11) is 0. The van der Waals surface area contributed by atoms with Crippen molar-refractivity contribution in [2.75, 3.05) is 13.2 Å². The van der Waals surface area contributed by atoms with Crippen LogP contribution in [0.3, 0.4) is 0 Å². The second-order valence-electron chi connectivity index (χ2n) is 19.9. The maximum Gasteiger partial charge on any atom is 0.306 e. The molecule has 0 heterocycles. The minimum Gasteiger partial charge on any atom is -0.462 e. The van der Waals surface area contributed by atoms with E-state index in [0.29, 0.717) is 19.3 Å². The maximum atomic E-state index is 12.9. The summed E-state index contributed by atoms with van der Waals surface area (Å²) in [5.41, 5.74) is 0. The molecule has 6 heteroatoms. The largest absolute Gasteiger partial charge is 0.462 e. The highest BCUT2D eigenvalue weighted by Crippen LogP contribution is 2.15. The van der Waals surface area contributed by atoms with Crippen molar-refractivity contribution in [1.82, 2.24) is 0 Å².